The molecule has 1 atom stereocenters. The summed E-state index contributed by atoms with van der Waals surface area (Å²) in [5, 5.41) is 3.95. The molecule has 4 heteroatoms. The number of hydrogen-bond acceptors (Lipinski definition) is 2. The third-order valence-electron chi connectivity index (χ3n) is 3.14. The lowest BCUT2D eigenvalue weighted by atomic mass is 9.99. The van der Waals surface area contributed by atoms with Crippen molar-refractivity contribution >= 4 is 11.6 Å². The van der Waals surface area contributed by atoms with E-state index in [-0.39, 0.29) is 11.9 Å². The molecule has 0 bridgehead atoms. The molecule has 20 heavy (non-hydrogen) atoms. The van der Waals surface area contributed by atoms with Gasteiger partial charge in [0.15, 0.2) is 0 Å². The predicted octanol–water partition coefficient (Wildman–Crippen LogP) is 4.27. The molecular weight excluding hydrogens is 275 g/mol. The maximum Gasteiger partial charge on any atom is 0.123 e. The van der Waals surface area contributed by atoms with Gasteiger partial charge in [0.25, 0.3) is 0 Å². The molecule has 1 unspecified atom stereocenters. The van der Waals surface area contributed by atoms with Gasteiger partial charge in [-0.3, -0.25) is 4.98 Å². The van der Waals surface area contributed by atoms with Crippen molar-refractivity contribution in [1.29, 1.82) is 0 Å². The lowest BCUT2D eigenvalue weighted by Crippen LogP contribution is -2.23. The normalized spacial score (nSPS) is 12.4. The summed E-state index contributed by atoms with van der Waals surface area (Å²) in [5.74, 6) is -0.284. The summed E-state index contributed by atoms with van der Waals surface area (Å²) >= 11 is 6.22. The van der Waals surface area contributed by atoms with Gasteiger partial charge in [0.1, 0.15) is 5.82 Å². The Bertz CT molecular complexity index is 569. The molecule has 0 fully saturated rings. The summed E-state index contributed by atoms with van der Waals surface area (Å²) in [6.45, 7) is 4.85. The largest absolute Gasteiger partial charge is 0.306 e. The second-order valence-electron chi connectivity index (χ2n) is 4.79. The molecule has 106 valence electrons. The Balaban J connectivity index is 2.41. The fourth-order valence-electron chi connectivity index (χ4n) is 2.08. The topological polar surface area (TPSA) is 24.9 Å². The number of nitrogens with one attached hydrogen (secondary N) is 1. The van der Waals surface area contributed by atoms with Crippen molar-refractivity contribution in [3.05, 3.63) is 64.2 Å². The molecule has 0 saturated heterocycles. The Morgan fingerprint density at radius 2 is 2.10 bits per heavy atom. The molecule has 2 aromatic rings. The van der Waals surface area contributed by atoms with Crippen LogP contribution in [-0.2, 0) is 0 Å². The van der Waals surface area contributed by atoms with Gasteiger partial charge in [-0.05, 0) is 55.3 Å². The van der Waals surface area contributed by atoms with Crippen LogP contribution in [0.15, 0.2) is 36.5 Å². The Labute approximate surface area is 124 Å². The van der Waals surface area contributed by atoms with E-state index in [1.807, 2.05) is 25.3 Å². The second-order valence-corrected chi connectivity index (χ2v) is 5.19. The first kappa shape index (κ1) is 14.9. The van der Waals surface area contributed by atoms with Crippen molar-refractivity contribution < 1.29 is 4.39 Å². The highest BCUT2D eigenvalue weighted by Crippen LogP contribution is 2.28. The van der Waals surface area contributed by atoms with Crippen molar-refractivity contribution in [2.45, 2.75) is 26.3 Å². The van der Waals surface area contributed by atoms with Crippen LogP contribution in [0.1, 0.15) is 36.2 Å². The van der Waals surface area contributed by atoms with Crippen LogP contribution >= 0.6 is 11.6 Å². The van der Waals surface area contributed by atoms with Crippen molar-refractivity contribution in [2.75, 3.05) is 6.54 Å². The van der Waals surface area contributed by atoms with Gasteiger partial charge in [-0.15, -0.1) is 0 Å². The summed E-state index contributed by atoms with van der Waals surface area (Å²) in [7, 11) is 0. The van der Waals surface area contributed by atoms with Crippen LogP contribution in [0, 0.1) is 12.7 Å². The van der Waals surface area contributed by atoms with Crippen molar-refractivity contribution in [2.24, 2.45) is 0 Å². The molecule has 1 aromatic carbocycles. The van der Waals surface area contributed by atoms with E-state index in [1.54, 1.807) is 6.07 Å². The first-order valence-corrected chi connectivity index (χ1v) is 7.10. The highest BCUT2D eigenvalue weighted by molar-refractivity contribution is 6.31. The van der Waals surface area contributed by atoms with Gasteiger partial charge in [0, 0.05) is 16.9 Å². The zero-order valence-corrected chi connectivity index (χ0v) is 12.4. The number of halogens is 2. The summed E-state index contributed by atoms with van der Waals surface area (Å²) in [6, 6.07) is 8.24. The summed E-state index contributed by atoms with van der Waals surface area (Å²) in [4.78, 5) is 4.31. The Kier molecular flexibility index (Phi) is 5.10. The maximum absolute atomic E-state index is 13.5. The van der Waals surface area contributed by atoms with E-state index in [4.69, 9.17) is 11.6 Å². The molecule has 2 rings (SSSR count). The maximum atomic E-state index is 13.5. The zero-order valence-electron chi connectivity index (χ0n) is 11.7. The van der Waals surface area contributed by atoms with Gasteiger partial charge in [-0.1, -0.05) is 24.6 Å². The zero-order chi connectivity index (χ0) is 14.5. The number of aryl methyl sites for hydroxylation is 1. The van der Waals surface area contributed by atoms with Gasteiger partial charge in [-0.25, -0.2) is 4.39 Å². The molecule has 0 aliphatic heterocycles. The molecule has 0 spiro atoms. The minimum Gasteiger partial charge on any atom is -0.306 e. The molecule has 1 heterocycles. The van der Waals surface area contributed by atoms with Crippen LogP contribution in [0.3, 0.4) is 0 Å². The predicted molar refractivity (Wildman–Crippen MR) is 80.5 cm³/mol. The lowest BCUT2D eigenvalue weighted by molar-refractivity contribution is 0.584. The van der Waals surface area contributed by atoms with Crippen molar-refractivity contribution in [3.8, 4) is 0 Å². The van der Waals surface area contributed by atoms with Crippen LogP contribution in [0.25, 0.3) is 0 Å². The van der Waals surface area contributed by atoms with Crippen LogP contribution < -0.4 is 5.32 Å². The standard InChI is InChI=1S/C16H18ClFN2/c1-3-8-19-16(12-5-4-11(2)20-10-12)14-9-13(18)6-7-15(14)17/h4-7,9-10,16,19H,3,8H2,1-2H3. The van der Waals surface area contributed by atoms with E-state index in [0.717, 1.165) is 29.8 Å². The summed E-state index contributed by atoms with van der Waals surface area (Å²) < 4.78 is 13.5. The monoisotopic (exact) mass is 292 g/mol. The Morgan fingerprint density at radius 1 is 1.30 bits per heavy atom. The van der Waals surface area contributed by atoms with Crippen LogP contribution in [-0.4, -0.2) is 11.5 Å². The number of hydrogen-bond donors (Lipinski definition) is 1. The fraction of sp³-hybridized carbons (Fsp3) is 0.312. The van der Waals surface area contributed by atoms with Crippen LogP contribution in [0.5, 0.6) is 0 Å². The van der Waals surface area contributed by atoms with E-state index < -0.39 is 0 Å². The van der Waals surface area contributed by atoms with Gasteiger partial charge in [0.05, 0.1) is 6.04 Å². The molecule has 0 aliphatic rings. The van der Waals surface area contributed by atoms with E-state index in [9.17, 15) is 4.39 Å². The summed E-state index contributed by atoms with van der Waals surface area (Å²) in [5.41, 5.74) is 2.68. The van der Waals surface area contributed by atoms with E-state index in [0.29, 0.717) is 5.02 Å². The molecule has 0 aliphatic carbocycles. The molecule has 0 saturated carbocycles. The number of nitrogens with zero attached hydrogens (tertiary/aromatic N) is 1. The molecule has 1 aromatic heterocycles. The van der Waals surface area contributed by atoms with Gasteiger partial charge in [-0.2, -0.15) is 0 Å². The van der Waals surface area contributed by atoms with Crippen molar-refractivity contribution in [1.82, 2.24) is 10.3 Å². The van der Waals surface area contributed by atoms with Gasteiger partial charge < -0.3 is 5.32 Å². The average molecular weight is 293 g/mol. The van der Waals surface area contributed by atoms with Crippen LogP contribution in [0.2, 0.25) is 5.02 Å². The van der Waals surface area contributed by atoms with E-state index in [2.05, 4.69) is 17.2 Å². The van der Waals surface area contributed by atoms with Gasteiger partial charge >= 0.3 is 0 Å². The quantitative estimate of drug-likeness (QED) is 0.890. The molecular formula is C16H18ClFN2. The first-order chi connectivity index (χ1) is 9.61. The number of benzene rings is 1. The van der Waals surface area contributed by atoms with Crippen molar-refractivity contribution in [3.63, 3.8) is 0 Å². The highest BCUT2D eigenvalue weighted by Gasteiger charge is 2.17. The number of rotatable bonds is 5. The smallest absolute Gasteiger partial charge is 0.123 e. The average Bonchev–Trinajstić information content (AvgIpc) is 2.44. The minimum atomic E-state index is -0.284. The lowest BCUT2D eigenvalue weighted by Gasteiger charge is -2.20. The number of aromatic nitrogens is 1. The molecule has 0 amide bonds. The number of pyridine rings is 1. The SMILES string of the molecule is CCCNC(c1ccc(C)nc1)c1cc(F)ccc1Cl. The summed E-state index contributed by atoms with van der Waals surface area (Å²) in [6.07, 6.45) is 2.80. The van der Waals surface area contributed by atoms with Gasteiger partial charge in [0.2, 0.25) is 0 Å². The third kappa shape index (κ3) is 3.56. The third-order valence-corrected chi connectivity index (χ3v) is 3.48. The van der Waals surface area contributed by atoms with E-state index in [1.165, 1.54) is 12.1 Å². The highest BCUT2D eigenvalue weighted by atomic mass is 35.5. The molecule has 2 nitrogen and oxygen atoms in total. The van der Waals surface area contributed by atoms with Crippen LogP contribution in [0.4, 0.5) is 4.39 Å². The molecule has 1 N–H and O–H groups in total. The Hall–Kier alpha value is -1.45. The van der Waals surface area contributed by atoms with E-state index >= 15 is 0 Å². The Morgan fingerprint density at radius 3 is 2.75 bits per heavy atom. The second kappa shape index (κ2) is 6.82. The molecule has 0 radical (unpaired) electrons. The fourth-order valence-corrected chi connectivity index (χ4v) is 2.31. The first-order valence-electron chi connectivity index (χ1n) is 6.72. The minimum absolute atomic E-state index is 0.147.